The molecule has 4 aliphatic carbocycles. The third-order valence-corrected chi connectivity index (χ3v) is 8.18. The summed E-state index contributed by atoms with van der Waals surface area (Å²) in [5.74, 6) is 2.93. The van der Waals surface area contributed by atoms with Crippen LogP contribution in [0.3, 0.4) is 0 Å². The van der Waals surface area contributed by atoms with E-state index in [9.17, 15) is 14.7 Å². The molecule has 122 valence electrons. The lowest BCUT2D eigenvalue weighted by atomic mass is 9.45. The minimum Gasteiger partial charge on any atom is -0.396 e. The number of fused-ring (bicyclic) bond motifs is 5. The van der Waals surface area contributed by atoms with Crippen LogP contribution in [0.4, 0.5) is 0 Å². The van der Waals surface area contributed by atoms with Crippen LogP contribution >= 0.6 is 0 Å². The van der Waals surface area contributed by atoms with E-state index in [4.69, 9.17) is 0 Å². The largest absolute Gasteiger partial charge is 0.396 e. The SMILES string of the molecule is C[C@]12CC[C@H]3C(CC[C@@H]4CC(=O)CC[C@@]43CO)[C@@H]1CCC2=O. The van der Waals surface area contributed by atoms with Crippen molar-refractivity contribution in [2.75, 3.05) is 6.61 Å². The lowest BCUT2D eigenvalue weighted by Crippen LogP contribution is -2.56. The molecule has 0 aromatic carbocycles. The van der Waals surface area contributed by atoms with Gasteiger partial charge in [-0.3, -0.25) is 9.59 Å². The van der Waals surface area contributed by atoms with Gasteiger partial charge in [0.25, 0.3) is 0 Å². The van der Waals surface area contributed by atoms with Crippen LogP contribution in [0.2, 0.25) is 0 Å². The van der Waals surface area contributed by atoms with Crippen molar-refractivity contribution in [1.29, 1.82) is 0 Å². The smallest absolute Gasteiger partial charge is 0.139 e. The Morgan fingerprint density at radius 3 is 2.64 bits per heavy atom. The van der Waals surface area contributed by atoms with E-state index >= 15 is 0 Å². The molecule has 0 spiro atoms. The van der Waals surface area contributed by atoms with E-state index < -0.39 is 0 Å². The zero-order chi connectivity index (χ0) is 15.5. The Morgan fingerprint density at radius 2 is 1.86 bits per heavy atom. The third-order valence-electron chi connectivity index (χ3n) is 8.18. The fourth-order valence-corrected chi connectivity index (χ4v) is 6.93. The van der Waals surface area contributed by atoms with Crippen LogP contribution in [0.25, 0.3) is 0 Å². The fraction of sp³-hybridized carbons (Fsp3) is 0.895. The summed E-state index contributed by atoms with van der Waals surface area (Å²) in [6, 6.07) is 0. The van der Waals surface area contributed by atoms with Crippen molar-refractivity contribution in [3.63, 3.8) is 0 Å². The maximum atomic E-state index is 12.4. The highest BCUT2D eigenvalue weighted by Crippen LogP contribution is 2.65. The van der Waals surface area contributed by atoms with E-state index in [1.165, 1.54) is 0 Å². The normalized spacial score (nSPS) is 51.2. The van der Waals surface area contributed by atoms with E-state index in [1.807, 2.05) is 0 Å². The number of ketones is 2. The van der Waals surface area contributed by atoms with Crippen molar-refractivity contribution in [1.82, 2.24) is 0 Å². The Balaban J connectivity index is 1.68. The maximum Gasteiger partial charge on any atom is 0.139 e. The van der Waals surface area contributed by atoms with Crippen molar-refractivity contribution >= 4 is 11.6 Å². The van der Waals surface area contributed by atoms with Crippen LogP contribution in [-0.4, -0.2) is 23.3 Å². The lowest BCUT2D eigenvalue weighted by molar-refractivity contribution is -0.154. The molecular weight excluding hydrogens is 276 g/mol. The molecule has 0 radical (unpaired) electrons. The Morgan fingerprint density at radius 1 is 1.05 bits per heavy atom. The van der Waals surface area contributed by atoms with Gasteiger partial charge >= 0.3 is 0 Å². The predicted octanol–water partition coefficient (Wildman–Crippen LogP) is 3.14. The van der Waals surface area contributed by atoms with E-state index in [0.717, 1.165) is 44.9 Å². The average Bonchev–Trinajstić information content (AvgIpc) is 2.82. The summed E-state index contributed by atoms with van der Waals surface area (Å²) in [6.07, 6.45) is 8.36. The highest BCUT2D eigenvalue weighted by atomic mass is 16.3. The van der Waals surface area contributed by atoms with Crippen molar-refractivity contribution < 1.29 is 14.7 Å². The van der Waals surface area contributed by atoms with Gasteiger partial charge in [0.2, 0.25) is 0 Å². The number of aliphatic hydroxyl groups excluding tert-OH is 1. The van der Waals surface area contributed by atoms with Gasteiger partial charge in [-0.2, -0.15) is 0 Å². The Bertz CT molecular complexity index is 513. The molecule has 1 unspecified atom stereocenters. The third kappa shape index (κ3) is 1.78. The molecule has 6 atom stereocenters. The second-order valence-corrected chi connectivity index (χ2v) is 8.70. The topological polar surface area (TPSA) is 54.4 Å². The van der Waals surface area contributed by atoms with Crippen molar-refractivity contribution in [3.8, 4) is 0 Å². The fourth-order valence-electron chi connectivity index (χ4n) is 6.93. The maximum absolute atomic E-state index is 12.4. The Hall–Kier alpha value is -0.700. The average molecular weight is 304 g/mol. The summed E-state index contributed by atoms with van der Waals surface area (Å²) in [5, 5.41) is 10.3. The van der Waals surface area contributed by atoms with Gasteiger partial charge in [-0.05, 0) is 62.2 Å². The highest BCUT2D eigenvalue weighted by Gasteiger charge is 2.61. The van der Waals surface area contributed by atoms with Gasteiger partial charge in [0.1, 0.15) is 11.6 Å². The van der Waals surface area contributed by atoms with Crippen molar-refractivity contribution in [3.05, 3.63) is 0 Å². The molecule has 1 N–H and O–H groups in total. The van der Waals surface area contributed by atoms with E-state index in [2.05, 4.69) is 6.92 Å². The monoisotopic (exact) mass is 304 g/mol. The van der Waals surface area contributed by atoms with Crippen molar-refractivity contribution in [2.45, 2.75) is 64.7 Å². The van der Waals surface area contributed by atoms with Crippen LogP contribution in [0, 0.1) is 34.5 Å². The Kier molecular flexibility index (Phi) is 3.31. The number of aliphatic hydroxyl groups is 1. The second kappa shape index (κ2) is 4.90. The molecule has 0 aromatic heterocycles. The molecule has 3 heteroatoms. The zero-order valence-electron chi connectivity index (χ0n) is 13.6. The van der Waals surface area contributed by atoms with Crippen LogP contribution in [-0.2, 0) is 9.59 Å². The lowest BCUT2D eigenvalue weighted by Gasteiger charge is -2.59. The predicted molar refractivity (Wildman–Crippen MR) is 83.2 cm³/mol. The zero-order valence-corrected chi connectivity index (χ0v) is 13.6. The number of rotatable bonds is 1. The summed E-state index contributed by atoms with van der Waals surface area (Å²) in [7, 11) is 0. The molecule has 3 nitrogen and oxygen atoms in total. The minimum atomic E-state index is -0.0882. The van der Waals surface area contributed by atoms with E-state index in [-0.39, 0.29) is 17.4 Å². The first-order valence-corrected chi connectivity index (χ1v) is 9.17. The van der Waals surface area contributed by atoms with Gasteiger partial charge in [0.05, 0.1) is 0 Å². The van der Waals surface area contributed by atoms with Crippen LogP contribution in [0.15, 0.2) is 0 Å². The van der Waals surface area contributed by atoms with Gasteiger partial charge in [-0.1, -0.05) is 6.92 Å². The van der Waals surface area contributed by atoms with Gasteiger partial charge in [-0.15, -0.1) is 0 Å². The first-order valence-electron chi connectivity index (χ1n) is 9.17. The minimum absolute atomic E-state index is 0.0240. The first-order chi connectivity index (χ1) is 10.5. The molecule has 4 rings (SSSR count). The Labute approximate surface area is 132 Å². The van der Waals surface area contributed by atoms with Crippen LogP contribution in [0.1, 0.15) is 64.7 Å². The molecule has 4 saturated carbocycles. The summed E-state index contributed by atoms with van der Waals surface area (Å²) >= 11 is 0. The molecule has 0 saturated heterocycles. The summed E-state index contributed by atoms with van der Waals surface area (Å²) in [5.41, 5.74) is -0.112. The summed E-state index contributed by atoms with van der Waals surface area (Å²) < 4.78 is 0. The molecule has 0 aliphatic heterocycles. The molecule has 4 aliphatic rings. The molecule has 4 fully saturated rings. The molecule has 0 amide bonds. The van der Waals surface area contributed by atoms with Gasteiger partial charge in [-0.25, -0.2) is 0 Å². The molecule has 22 heavy (non-hydrogen) atoms. The van der Waals surface area contributed by atoms with Crippen molar-refractivity contribution in [2.24, 2.45) is 34.5 Å². The van der Waals surface area contributed by atoms with Gasteiger partial charge in [0.15, 0.2) is 0 Å². The van der Waals surface area contributed by atoms with Crippen LogP contribution < -0.4 is 0 Å². The van der Waals surface area contributed by atoms with E-state index in [0.29, 0.717) is 48.1 Å². The first kappa shape index (κ1) is 14.9. The summed E-state index contributed by atoms with van der Waals surface area (Å²) in [6.45, 7) is 2.44. The number of carbonyl (C=O) groups excluding carboxylic acids is 2. The molecule has 0 bridgehead atoms. The standard InChI is InChI=1S/C19H28O3/c1-18-8-7-16-14(15(18)4-5-17(18)22)3-2-12-10-13(21)6-9-19(12,16)11-20/h12,14-16,20H,2-11H2,1H3/t12-,14?,15+,16+,18+,19-/m1/s1. The number of carbonyl (C=O) groups is 2. The highest BCUT2D eigenvalue weighted by molar-refractivity contribution is 5.87. The van der Waals surface area contributed by atoms with E-state index in [1.54, 1.807) is 0 Å². The van der Waals surface area contributed by atoms with Crippen LogP contribution in [0.5, 0.6) is 0 Å². The van der Waals surface area contributed by atoms with Gasteiger partial charge < -0.3 is 5.11 Å². The quantitative estimate of drug-likeness (QED) is 0.809. The molecule has 0 aromatic rings. The summed E-state index contributed by atoms with van der Waals surface area (Å²) in [4.78, 5) is 24.3. The second-order valence-electron chi connectivity index (χ2n) is 8.70. The van der Waals surface area contributed by atoms with Gasteiger partial charge in [0, 0.05) is 36.7 Å². The number of Topliss-reactive ketones (excluding diaryl/α,β-unsaturated/α-hetero) is 2. The number of hydrogen-bond donors (Lipinski definition) is 1. The molecule has 0 heterocycles. The number of hydrogen-bond acceptors (Lipinski definition) is 3. The molecular formula is C19H28O3.